The highest BCUT2D eigenvalue weighted by atomic mass is 35.5. The Bertz CT molecular complexity index is 839. The third kappa shape index (κ3) is 6.70. The van der Waals surface area contributed by atoms with Crippen molar-refractivity contribution in [1.82, 2.24) is 10.6 Å². The van der Waals surface area contributed by atoms with E-state index in [0.717, 1.165) is 12.1 Å². The second-order valence-corrected chi connectivity index (χ2v) is 7.57. The Balaban J connectivity index is 1.97. The minimum atomic E-state index is -1.26. The van der Waals surface area contributed by atoms with Crippen LogP contribution in [0.25, 0.3) is 0 Å². The van der Waals surface area contributed by atoms with Gasteiger partial charge in [0.2, 0.25) is 5.91 Å². The zero-order chi connectivity index (χ0) is 22.4. The fourth-order valence-electron chi connectivity index (χ4n) is 2.83. The molecule has 2 rings (SSSR count). The molecular formula is C18H21BClFN2O7. The zero-order valence-electron chi connectivity index (χ0n) is 16.3. The summed E-state index contributed by atoms with van der Waals surface area (Å²) in [6.07, 6.45) is -1.45. The van der Waals surface area contributed by atoms with Crippen LogP contribution in [0, 0.1) is 11.7 Å². The van der Waals surface area contributed by atoms with Gasteiger partial charge in [0, 0.05) is 5.02 Å². The highest BCUT2D eigenvalue weighted by molar-refractivity contribution is 6.51. The number of carboxylic acid groups (broad SMARTS) is 1. The van der Waals surface area contributed by atoms with E-state index in [1.54, 1.807) is 0 Å². The van der Waals surface area contributed by atoms with Crippen LogP contribution in [0.1, 0.15) is 37.0 Å². The van der Waals surface area contributed by atoms with Crippen LogP contribution < -0.4 is 10.6 Å². The van der Waals surface area contributed by atoms with E-state index in [-0.39, 0.29) is 16.5 Å². The molecule has 0 spiro atoms. The van der Waals surface area contributed by atoms with Gasteiger partial charge in [-0.05, 0) is 30.5 Å². The van der Waals surface area contributed by atoms with Gasteiger partial charge in [-0.2, -0.15) is 0 Å². The average molecular weight is 443 g/mol. The van der Waals surface area contributed by atoms with Crippen LogP contribution >= 0.6 is 11.6 Å². The average Bonchev–Trinajstić information content (AvgIpc) is 3.00. The number of carbonyl (C=O) groups is 4. The molecule has 1 aliphatic rings. The van der Waals surface area contributed by atoms with Gasteiger partial charge in [-0.3, -0.25) is 19.2 Å². The molecule has 2 amide bonds. The molecule has 0 bridgehead atoms. The normalized spacial score (nSPS) is 16.9. The van der Waals surface area contributed by atoms with E-state index < -0.39 is 61.7 Å². The topological polar surface area (TPSA) is 131 Å². The maximum atomic E-state index is 13.7. The first-order valence-corrected chi connectivity index (χ1v) is 9.55. The Labute approximate surface area is 177 Å². The van der Waals surface area contributed by atoms with Crippen LogP contribution in [0.15, 0.2) is 18.2 Å². The number of amides is 2. The van der Waals surface area contributed by atoms with Crippen molar-refractivity contribution < 1.29 is 38.0 Å². The molecular weight excluding hydrogens is 421 g/mol. The molecule has 1 aromatic rings. The molecule has 1 aromatic carbocycles. The largest absolute Gasteiger partial charge is 0.552 e. The summed E-state index contributed by atoms with van der Waals surface area (Å²) in [5.41, 5.74) is -0.307. The first kappa shape index (κ1) is 23.6. The van der Waals surface area contributed by atoms with Crippen molar-refractivity contribution in [3.8, 4) is 0 Å². The van der Waals surface area contributed by atoms with Crippen LogP contribution in [0.5, 0.6) is 0 Å². The molecule has 1 heterocycles. The van der Waals surface area contributed by atoms with Gasteiger partial charge in [0.25, 0.3) is 5.91 Å². The monoisotopic (exact) mass is 442 g/mol. The minimum absolute atomic E-state index is 0.0753. The lowest BCUT2D eigenvalue weighted by Gasteiger charge is -2.21. The molecule has 0 saturated carbocycles. The molecule has 3 N–H and O–H groups in total. The van der Waals surface area contributed by atoms with Gasteiger partial charge in [-0.25, -0.2) is 4.39 Å². The lowest BCUT2D eigenvalue weighted by molar-refractivity contribution is -0.145. The van der Waals surface area contributed by atoms with Crippen LogP contribution in [0.4, 0.5) is 4.39 Å². The predicted octanol–water partition coefficient (Wildman–Crippen LogP) is 1.18. The first-order chi connectivity index (χ1) is 14.1. The van der Waals surface area contributed by atoms with Crippen molar-refractivity contribution in [1.29, 1.82) is 0 Å². The summed E-state index contributed by atoms with van der Waals surface area (Å²) >= 11 is 5.75. The van der Waals surface area contributed by atoms with E-state index >= 15 is 0 Å². The summed E-state index contributed by atoms with van der Waals surface area (Å²) in [6.45, 7) is 3.27. The molecule has 0 aromatic heterocycles. The number of hydrogen-bond donors (Lipinski definition) is 3. The summed E-state index contributed by atoms with van der Waals surface area (Å²) in [5.74, 6) is -4.97. The number of carboxylic acids is 1. The summed E-state index contributed by atoms with van der Waals surface area (Å²) in [5, 5.41) is 13.9. The number of benzene rings is 1. The highest BCUT2D eigenvalue weighted by Gasteiger charge is 2.46. The molecule has 30 heavy (non-hydrogen) atoms. The van der Waals surface area contributed by atoms with Crippen LogP contribution in [0.2, 0.25) is 5.02 Å². The summed E-state index contributed by atoms with van der Waals surface area (Å²) < 4.78 is 24.2. The van der Waals surface area contributed by atoms with Gasteiger partial charge < -0.3 is 25.0 Å². The molecule has 0 aliphatic carbocycles. The Morgan fingerprint density at radius 3 is 2.67 bits per heavy atom. The molecule has 1 aliphatic heterocycles. The second kappa shape index (κ2) is 10.4. The van der Waals surface area contributed by atoms with Crippen molar-refractivity contribution in [2.75, 3.05) is 6.54 Å². The van der Waals surface area contributed by atoms with E-state index in [2.05, 4.69) is 10.6 Å². The molecule has 2 atom stereocenters. The number of aliphatic carboxylic acids is 1. The van der Waals surface area contributed by atoms with Crippen LogP contribution in [-0.4, -0.2) is 54.6 Å². The van der Waals surface area contributed by atoms with Gasteiger partial charge in [0.05, 0.1) is 24.5 Å². The van der Waals surface area contributed by atoms with Crippen LogP contribution in [-0.2, 0) is 23.7 Å². The number of halogens is 2. The van der Waals surface area contributed by atoms with Gasteiger partial charge >= 0.3 is 19.1 Å². The molecule has 0 unspecified atom stereocenters. The fourth-order valence-corrected chi connectivity index (χ4v) is 3.01. The van der Waals surface area contributed by atoms with Gasteiger partial charge in [0.1, 0.15) is 5.82 Å². The third-order valence-corrected chi connectivity index (χ3v) is 4.37. The minimum Gasteiger partial charge on any atom is -0.506 e. The van der Waals surface area contributed by atoms with E-state index in [9.17, 15) is 23.6 Å². The van der Waals surface area contributed by atoms with Gasteiger partial charge in [0.15, 0.2) is 6.10 Å². The van der Waals surface area contributed by atoms with Crippen molar-refractivity contribution in [3.63, 3.8) is 0 Å². The van der Waals surface area contributed by atoms with Crippen molar-refractivity contribution in [2.24, 2.45) is 5.92 Å². The Kier molecular flexibility index (Phi) is 8.19. The van der Waals surface area contributed by atoms with E-state index in [4.69, 9.17) is 26.0 Å². The first-order valence-electron chi connectivity index (χ1n) is 9.17. The standard InChI is InChI=1S/C18H21BClFN2O7/c1-9(2)5-14(19-29-13(7-16(25)26)18(28)30-19)23-15(24)8-22-17(27)11-6-10(20)3-4-12(11)21/h3-4,6,9,13-14H,5,7-8H2,1-2H3,(H,22,27)(H,23,24)(H,25,26)/t13-,14+/m1/s1. The maximum Gasteiger partial charge on any atom is 0.552 e. The number of carbonyl (C=O) groups excluding carboxylic acids is 3. The Hall–Kier alpha value is -2.66. The highest BCUT2D eigenvalue weighted by Crippen LogP contribution is 2.19. The van der Waals surface area contributed by atoms with E-state index in [1.807, 2.05) is 13.8 Å². The lowest BCUT2D eigenvalue weighted by atomic mass is 9.74. The fraction of sp³-hybridized carbons (Fsp3) is 0.444. The summed E-state index contributed by atoms with van der Waals surface area (Å²) in [7, 11) is -1.16. The maximum absolute atomic E-state index is 13.7. The quantitative estimate of drug-likeness (QED) is 0.489. The molecule has 1 fully saturated rings. The number of nitrogens with one attached hydrogen (secondary N) is 2. The van der Waals surface area contributed by atoms with Gasteiger partial charge in [-0.1, -0.05) is 25.4 Å². The molecule has 162 valence electrons. The van der Waals surface area contributed by atoms with Crippen molar-refractivity contribution >= 4 is 42.5 Å². The number of hydrogen-bond acceptors (Lipinski definition) is 6. The van der Waals surface area contributed by atoms with Crippen molar-refractivity contribution in [3.05, 3.63) is 34.6 Å². The SMILES string of the molecule is CC(C)C[C@H](NC(=O)CNC(=O)c1cc(Cl)ccc1F)B1OC(=O)[C@@H](CC(=O)O)O1. The van der Waals surface area contributed by atoms with Gasteiger partial charge in [-0.15, -0.1) is 0 Å². The van der Waals surface area contributed by atoms with Crippen molar-refractivity contribution in [2.45, 2.75) is 38.7 Å². The summed E-state index contributed by atoms with van der Waals surface area (Å²) in [6, 6.07) is 3.47. The lowest BCUT2D eigenvalue weighted by Crippen LogP contribution is -2.50. The Morgan fingerprint density at radius 1 is 1.33 bits per heavy atom. The molecule has 1 saturated heterocycles. The Morgan fingerprint density at radius 2 is 2.03 bits per heavy atom. The molecule has 0 radical (unpaired) electrons. The van der Waals surface area contributed by atoms with E-state index in [1.165, 1.54) is 6.07 Å². The second-order valence-electron chi connectivity index (χ2n) is 7.14. The molecule has 12 heteroatoms. The summed E-state index contributed by atoms with van der Waals surface area (Å²) in [4.78, 5) is 47.0. The van der Waals surface area contributed by atoms with E-state index in [0.29, 0.717) is 6.42 Å². The predicted molar refractivity (Wildman–Crippen MR) is 104 cm³/mol. The number of rotatable bonds is 9. The zero-order valence-corrected chi connectivity index (χ0v) is 17.1. The van der Waals surface area contributed by atoms with Crippen LogP contribution in [0.3, 0.4) is 0 Å². The molecule has 9 nitrogen and oxygen atoms in total. The third-order valence-electron chi connectivity index (χ3n) is 4.14. The smallest absolute Gasteiger partial charge is 0.506 e.